The van der Waals surface area contributed by atoms with E-state index in [1.807, 2.05) is 97.1 Å². The molecule has 0 aliphatic rings. The van der Waals surface area contributed by atoms with Crippen LogP contribution in [0.4, 0.5) is 17.1 Å². The Labute approximate surface area is 399 Å². The van der Waals surface area contributed by atoms with Gasteiger partial charge in [-0.15, -0.1) is 0 Å². The van der Waals surface area contributed by atoms with Crippen LogP contribution in [0.25, 0.3) is 110 Å². The minimum atomic E-state index is -0.698. The molecule has 12 aromatic carbocycles. The maximum atomic E-state index is 9.80. The Morgan fingerprint density at radius 3 is 1.29 bits per heavy atom. The molecule has 0 saturated heterocycles. The fraction of sp³-hybridized carbons (Fsp3) is 0. The highest BCUT2D eigenvalue weighted by Crippen LogP contribution is 2.42. The summed E-state index contributed by atoms with van der Waals surface area (Å²) in [6.07, 6.45) is 0. The number of para-hydroxylation sites is 1. The van der Waals surface area contributed by atoms with E-state index in [2.05, 4.69) is 30.3 Å². The van der Waals surface area contributed by atoms with E-state index < -0.39 is 89.6 Å². The van der Waals surface area contributed by atoms with Gasteiger partial charge in [0.15, 0.2) is 0 Å². The summed E-state index contributed by atoms with van der Waals surface area (Å²) in [5.74, 6) is 0. The number of rotatable bonds is 7. The molecule has 2 nitrogen and oxygen atoms in total. The number of nitrogens with zero attached hydrogens (tertiary/aromatic N) is 1. The Kier molecular flexibility index (Phi) is 6.46. The van der Waals surface area contributed by atoms with E-state index in [0.717, 1.165) is 53.7 Å². The zero-order chi connectivity index (χ0) is 54.0. The summed E-state index contributed by atoms with van der Waals surface area (Å²) < 4.78 is 123. The number of benzene rings is 12. The van der Waals surface area contributed by atoms with Crippen LogP contribution in [0.1, 0.15) is 16.4 Å². The van der Waals surface area contributed by atoms with Gasteiger partial charge in [-0.3, -0.25) is 0 Å². The van der Waals surface area contributed by atoms with E-state index in [9.17, 15) is 16.4 Å². The fourth-order valence-electron chi connectivity index (χ4n) is 9.35. The average Bonchev–Trinajstić information content (AvgIpc) is 4.00. The molecular formula is C64H41NO. The quantitative estimate of drug-likeness (QED) is 0.149. The third-order valence-corrected chi connectivity index (χ3v) is 12.5. The molecule has 1 aromatic heterocycles. The highest BCUT2D eigenvalue weighted by Gasteiger charge is 2.17. The van der Waals surface area contributed by atoms with E-state index in [4.69, 9.17) is 4.42 Å². The number of hydrogen-bond donors (Lipinski definition) is 0. The van der Waals surface area contributed by atoms with Gasteiger partial charge in [0, 0.05) is 27.8 Å². The lowest BCUT2D eigenvalue weighted by molar-refractivity contribution is 0.669. The van der Waals surface area contributed by atoms with Crippen molar-refractivity contribution in [2.45, 2.75) is 0 Å². The van der Waals surface area contributed by atoms with Crippen LogP contribution in [0.15, 0.2) is 253 Å². The number of furan rings is 1. The van der Waals surface area contributed by atoms with Gasteiger partial charge < -0.3 is 9.32 Å². The molecule has 66 heavy (non-hydrogen) atoms. The standard InChI is InChI=1S/C64H41NO/c1-3-12-52-44(10-1)32-40-59-54(15-7-18-57(52)59)46-24-22-42(23-25-46)43-26-34-49(35-27-43)65(51-38-30-48(31-39-51)56-17-9-21-63-64(56)61-14-5-6-20-62(61)66-63)50-36-28-47(29-37-50)55-16-8-19-58-53-13-4-2-11-45(53)33-41-60(55)58/h1-41H/i26D,27D,28D,29D,30D,31D,34D,35D,36D,37D,38D,39D. The van der Waals surface area contributed by atoms with Gasteiger partial charge in [-0.25, -0.2) is 0 Å². The van der Waals surface area contributed by atoms with E-state index >= 15 is 0 Å². The van der Waals surface area contributed by atoms with E-state index in [1.54, 1.807) is 48.5 Å². The molecular weight excluding hydrogens is 799 g/mol. The fourth-order valence-corrected chi connectivity index (χ4v) is 9.35. The first kappa shape index (κ1) is 27.5. The third kappa shape index (κ3) is 6.34. The van der Waals surface area contributed by atoms with E-state index in [-0.39, 0.29) is 16.7 Å². The van der Waals surface area contributed by atoms with Crippen molar-refractivity contribution < 1.29 is 20.9 Å². The average molecular weight is 852 g/mol. The Morgan fingerprint density at radius 2 is 0.697 bits per heavy atom. The Balaban J connectivity index is 1.03. The molecule has 0 amide bonds. The molecule has 0 spiro atoms. The summed E-state index contributed by atoms with van der Waals surface area (Å²) in [6.45, 7) is 0. The van der Waals surface area contributed by atoms with Crippen molar-refractivity contribution in [3.05, 3.63) is 248 Å². The van der Waals surface area contributed by atoms with Crippen LogP contribution in [0.2, 0.25) is 0 Å². The lowest BCUT2D eigenvalue weighted by atomic mass is 9.93. The highest BCUT2D eigenvalue weighted by molar-refractivity contribution is 6.14. The molecule has 0 bridgehead atoms. The molecule has 1 heterocycles. The lowest BCUT2D eigenvalue weighted by Crippen LogP contribution is -2.09. The molecule has 0 unspecified atom stereocenters. The largest absolute Gasteiger partial charge is 0.456 e. The van der Waals surface area contributed by atoms with Crippen LogP contribution in [-0.4, -0.2) is 0 Å². The molecule has 0 fully saturated rings. The maximum absolute atomic E-state index is 9.80. The van der Waals surface area contributed by atoms with Crippen LogP contribution >= 0.6 is 0 Å². The SMILES string of the molecule is [2H]c1c([2H])c(N(c2c([2H])c([2H])c(-c3cccc4c3ccc3ccccc34)c([2H])c2[2H])c2c([2H])c([2H])c(-c3cccc4oc5ccccc5c34)c([2H])c2[2H])c([2H])c([2H])c1-c1ccc(-c2cccc3c2ccc2ccccc23)cc1. The molecule has 0 N–H and O–H groups in total. The van der Waals surface area contributed by atoms with Crippen molar-refractivity contribution in [3.63, 3.8) is 0 Å². The zero-order valence-electron chi connectivity index (χ0n) is 47.1. The second-order valence-electron chi connectivity index (χ2n) is 16.2. The predicted molar refractivity (Wildman–Crippen MR) is 280 cm³/mol. The first-order valence-electron chi connectivity index (χ1n) is 27.7. The molecule has 13 rings (SSSR count). The molecule has 308 valence electrons. The normalized spacial score (nSPS) is 14.2. The van der Waals surface area contributed by atoms with Gasteiger partial charge in [0.2, 0.25) is 0 Å². The van der Waals surface area contributed by atoms with Crippen LogP contribution in [0, 0.1) is 0 Å². The monoisotopic (exact) mass is 851 g/mol. The first-order valence-corrected chi connectivity index (χ1v) is 21.7. The molecule has 0 saturated carbocycles. The lowest BCUT2D eigenvalue weighted by Gasteiger charge is -2.26. The number of hydrogen-bond acceptors (Lipinski definition) is 2. The Bertz CT molecular complexity index is 4640. The van der Waals surface area contributed by atoms with Gasteiger partial charge in [0.05, 0.1) is 16.4 Å². The second kappa shape index (κ2) is 15.5. The number of fused-ring (bicyclic) bond motifs is 9. The van der Waals surface area contributed by atoms with E-state index in [1.165, 1.54) is 0 Å². The molecule has 0 aliphatic carbocycles. The first-order chi connectivity index (χ1) is 37.7. The van der Waals surface area contributed by atoms with Gasteiger partial charge in [-0.2, -0.15) is 0 Å². The Morgan fingerprint density at radius 1 is 0.273 bits per heavy atom. The van der Waals surface area contributed by atoms with Crippen molar-refractivity contribution in [3.8, 4) is 44.5 Å². The highest BCUT2D eigenvalue weighted by atomic mass is 16.3. The zero-order valence-corrected chi connectivity index (χ0v) is 35.1. The van der Waals surface area contributed by atoms with Crippen LogP contribution in [-0.2, 0) is 0 Å². The van der Waals surface area contributed by atoms with Crippen LogP contribution in [0.5, 0.6) is 0 Å². The summed E-state index contributed by atoms with van der Waals surface area (Å²) in [4.78, 5) is 0.858. The molecule has 0 atom stereocenters. The number of anilines is 3. The summed E-state index contributed by atoms with van der Waals surface area (Å²) in [5.41, 5.74) is 1.84. The predicted octanol–water partition coefficient (Wildman–Crippen LogP) is 18.3. The van der Waals surface area contributed by atoms with Gasteiger partial charge in [0.25, 0.3) is 0 Å². The Hall–Kier alpha value is -8.72. The molecule has 2 heteroatoms. The van der Waals surface area contributed by atoms with Crippen molar-refractivity contribution in [1.82, 2.24) is 0 Å². The van der Waals surface area contributed by atoms with Crippen LogP contribution < -0.4 is 4.90 Å². The van der Waals surface area contributed by atoms with Gasteiger partial charge in [-0.1, -0.05) is 200 Å². The minimum Gasteiger partial charge on any atom is -0.456 e. The van der Waals surface area contributed by atoms with Crippen LogP contribution in [0.3, 0.4) is 0 Å². The van der Waals surface area contributed by atoms with Crippen molar-refractivity contribution in [2.75, 3.05) is 4.90 Å². The van der Waals surface area contributed by atoms with Crippen molar-refractivity contribution >= 4 is 82.1 Å². The summed E-state index contributed by atoms with van der Waals surface area (Å²) in [6, 6.07) is 47.5. The topological polar surface area (TPSA) is 16.4 Å². The maximum Gasteiger partial charge on any atom is 0.136 e. The van der Waals surface area contributed by atoms with Gasteiger partial charge in [-0.05, 0) is 136 Å². The van der Waals surface area contributed by atoms with Gasteiger partial charge in [0.1, 0.15) is 11.2 Å². The van der Waals surface area contributed by atoms with Gasteiger partial charge >= 0.3 is 0 Å². The molecule has 13 aromatic rings. The third-order valence-electron chi connectivity index (χ3n) is 12.5. The summed E-state index contributed by atoms with van der Waals surface area (Å²) in [5, 5.41) is 8.90. The summed E-state index contributed by atoms with van der Waals surface area (Å²) in [7, 11) is 0. The minimum absolute atomic E-state index is 0.0554. The van der Waals surface area contributed by atoms with E-state index in [0.29, 0.717) is 44.0 Å². The summed E-state index contributed by atoms with van der Waals surface area (Å²) >= 11 is 0. The second-order valence-corrected chi connectivity index (χ2v) is 16.2. The molecule has 0 radical (unpaired) electrons. The van der Waals surface area contributed by atoms with Crippen molar-refractivity contribution in [1.29, 1.82) is 0 Å². The van der Waals surface area contributed by atoms with Crippen molar-refractivity contribution in [2.24, 2.45) is 0 Å². The smallest absolute Gasteiger partial charge is 0.136 e. The molecule has 0 aliphatic heterocycles.